The van der Waals surface area contributed by atoms with E-state index in [0.717, 1.165) is 32.1 Å². The largest absolute Gasteiger partial charge is 0.460 e. The molecular formula is C19H27NO2. The summed E-state index contributed by atoms with van der Waals surface area (Å²) in [6.07, 6.45) is 4.36. The third kappa shape index (κ3) is 2.67. The van der Waals surface area contributed by atoms with E-state index in [0.29, 0.717) is 0 Å². The van der Waals surface area contributed by atoms with E-state index in [-0.39, 0.29) is 22.8 Å². The smallest absolute Gasteiger partial charge is 0.312 e. The van der Waals surface area contributed by atoms with Crippen LogP contribution in [0.25, 0.3) is 0 Å². The first-order valence-electron chi connectivity index (χ1n) is 8.32. The molecule has 22 heavy (non-hydrogen) atoms. The van der Waals surface area contributed by atoms with Gasteiger partial charge in [0.1, 0.15) is 5.60 Å². The molecule has 1 unspecified atom stereocenters. The van der Waals surface area contributed by atoms with Crippen molar-refractivity contribution in [3.8, 4) is 0 Å². The Morgan fingerprint density at radius 2 is 1.73 bits per heavy atom. The molecule has 4 rings (SSSR count). The van der Waals surface area contributed by atoms with Gasteiger partial charge in [-0.15, -0.1) is 0 Å². The number of hydrogen-bond acceptors (Lipinski definition) is 3. The Hall–Kier alpha value is -1.35. The van der Waals surface area contributed by atoms with Crippen molar-refractivity contribution in [3.05, 3.63) is 35.9 Å². The summed E-state index contributed by atoms with van der Waals surface area (Å²) in [5, 5.41) is 0. The first-order chi connectivity index (χ1) is 10.2. The average Bonchev–Trinajstić information content (AvgIpc) is 2.47. The van der Waals surface area contributed by atoms with E-state index in [4.69, 9.17) is 10.5 Å². The van der Waals surface area contributed by atoms with Crippen LogP contribution in [-0.4, -0.2) is 17.1 Å². The van der Waals surface area contributed by atoms with E-state index < -0.39 is 5.60 Å². The molecule has 3 aliphatic carbocycles. The van der Waals surface area contributed by atoms with Crippen molar-refractivity contribution in [3.63, 3.8) is 0 Å². The highest BCUT2D eigenvalue weighted by Gasteiger charge is 2.57. The van der Waals surface area contributed by atoms with Gasteiger partial charge in [0.25, 0.3) is 0 Å². The summed E-state index contributed by atoms with van der Waals surface area (Å²) in [7, 11) is 0. The van der Waals surface area contributed by atoms with Gasteiger partial charge in [-0.1, -0.05) is 30.3 Å². The van der Waals surface area contributed by atoms with Crippen LogP contribution < -0.4 is 5.73 Å². The van der Waals surface area contributed by atoms with Crippen LogP contribution in [0.2, 0.25) is 0 Å². The Bertz CT molecular complexity index is 551. The molecule has 1 atom stereocenters. The predicted molar refractivity (Wildman–Crippen MR) is 87.5 cm³/mol. The fraction of sp³-hybridized carbons (Fsp3) is 0.632. The highest BCUT2D eigenvalue weighted by atomic mass is 16.6. The number of benzene rings is 1. The maximum absolute atomic E-state index is 12.8. The SMILES string of the molecule is CC(C)(C)OC(=O)C12CCC(N)(CC1)C(c1ccccc1)C2. The second kappa shape index (κ2) is 5.09. The van der Waals surface area contributed by atoms with Gasteiger partial charge >= 0.3 is 5.97 Å². The first-order valence-corrected chi connectivity index (χ1v) is 8.32. The van der Waals surface area contributed by atoms with Gasteiger partial charge in [0.2, 0.25) is 0 Å². The predicted octanol–water partition coefficient (Wildman–Crippen LogP) is 3.77. The number of fused-ring (bicyclic) bond motifs is 3. The van der Waals surface area contributed by atoms with E-state index in [1.165, 1.54) is 5.56 Å². The molecule has 0 radical (unpaired) electrons. The molecule has 3 saturated carbocycles. The van der Waals surface area contributed by atoms with E-state index in [1.807, 2.05) is 26.8 Å². The molecule has 1 aromatic carbocycles. The number of rotatable bonds is 2. The maximum atomic E-state index is 12.8. The Balaban J connectivity index is 1.88. The Morgan fingerprint density at radius 1 is 1.14 bits per heavy atom. The van der Waals surface area contributed by atoms with Crippen LogP contribution in [0.15, 0.2) is 30.3 Å². The number of ether oxygens (including phenoxy) is 1. The average molecular weight is 301 g/mol. The number of esters is 1. The summed E-state index contributed by atoms with van der Waals surface area (Å²) in [5.41, 5.74) is 7.04. The van der Waals surface area contributed by atoms with Crippen LogP contribution >= 0.6 is 0 Å². The molecule has 0 saturated heterocycles. The quantitative estimate of drug-likeness (QED) is 0.846. The zero-order valence-electron chi connectivity index (χ0n) is 13.9. The summed E-state index contributed by atoms with van der Waals surface area (Å²) >= 11 is 0. The highest BCUT2D eigenvalue weighted by molar-refractivity contribution is 5.78. The molecule has 3 fully saturated rings. The van der Waals surface area contributed by atoms with Crippen LogP contribution in [0.4, 0.5) is 0 Å². The van der Waals surface area contributed by atoms with Gasteiger partial charge in [0.15, 0.2) is 0 Å². The van der Waals surface area contributed by atoms with Gasteiger partial charge in [-0.05, 0) is 58.4 Å². The molecule has 0 aromatic heterocycles. The third-order valence-electron chi connectivity index (χ3n) is 5.46. The third-order valence-corrected chi connectivity index (χ3v) is 5.46. The molecule has 3 heteroatoms. The zero-order chi connectivity index (χ0) is 16.0. The number of carbonyl (C=O) groups is 1. The highest BCUT2D eigenvalue weighted by Crippen LogP contribution is 2.58. The fourth-order valence-corrected chi connectivity index (χ4v) is 4.15. The topological polar surface area (TPSA) is 52.3 Å². The molecule has 0 heterocycles. The van der Waals surface area contributed by atoms with Gasteiger partial charge in [0, 0.05) is 11.5 Å². The van der Waals surface area contributed by atoms with Gasteiger partial charge in [-0.3, -0.25) is 4.79 Å². The zero-order valence-corrected chi connectivity index (χ0v) is 13.9. The van der Waals surface area contributed by atoms with Crippen LogP contribution in [0.1, 0.15) is 64.4 Å². The van der Waals surface area contributed by atoms with Crippen molar-refractivity contribution in [1.29, 1.82) is 0 Å². The van der Waals surface area contributed by atoms with Crippen LogP contribution in [-0.2, 0) is 9.53 Å². The summed E-state index contributed by atoms with van der Waals surface area (Å²) < 4.78 is 5.73. The second-order valence-corrected chi connectivity index (χ2v) is 8.18. The van der Waals surface area contributed by atoms with Crippen molar-refractivity contribution < 1.29 is 9.53 Å². The Morgan fingerprint density at radius 3 is 2.27 bits per heavy atom. The monoisotopic (exact) mass is 301 g/mol. The van der Waals surface area contributed by atoms with Gasteiger partial charge < -0.3 is 10.5 Å². The minimum absolute atomic E-state index is 0.0253. The van der Waals surface area contributed by atoms with E-state index in [1.54, 1.807) is 0 Å². The van der Waals surface area contributed by atoms with Crippen LogP contribution in [0.3, 0.4) is 0 Å². The van der Waals surface area contributed by atoms with E-state index >= 15 is 0 Å². The fourth-order valence-electron chi connectivity index (χ4n) is 4.15. The molecular weight excluding hydrogens is 274 g/mol. The van der Waals surface area contributed by atoms with Gasteiger partial charge in [-0.2, -0.15) is 0 Å². The summed E-state index contributed by atoms with van der Waals surface area (Å²) in [5.74, 6) is 0.228. The number of carbonyl (C=O) groups excluding carboxylic acids is 1. The van der Waals surface area contributed by atoms with Crippen molar-refractivity contribution >= 4 is 5.97 Å². The van der Waals surface area contributed by atoms with Crippen LogP contribution in [0.5, 0.6) is 0 Å². The molecule has 0 aliphatic heterocycles. The lowest BCUT2D eigenvalue weighted by molar-refractivity contribution is -0.175. The first kappa shape index (κ1) is 15.5. The summed E-state index contributed by atoms with van der Waals surface area (Å²) in [4.78, 5) is 12.8. The molecule has 0 amide bonds. The van der Waals surface area contributed by atoms with Crippen molar-refractivity contribution in [2.24, 2.45) is 11.1 Å². The molecule has 120 valence electrons. The lowest BCUT2D eigenvalue weighted by Gasteiger charge is -2.55. The summed E-state index contributed by atoms with van der Waals surface area (Å²) in [6.45, 7) is 5.82. The second-order valence-electron chi connectivity index (χ2n) is 8.18. The Labute approximate surface area is 133 Å². The molecule has 0 spiro atoms. The molecule has 1 aromatic rings. The minimum atomic E-state index is -0.428. The van der Waals surface area contributed by atoms with Crippen LogP contribution in [0, 0.1) is 5.41 Å². The van der Waals surface area contributed by atoms with Crippen molar-refractivity contribution in [2.75, 3.05) is 0 Å². The molecule has 3 aliphatic rings. The van der Waals surface area contributed by atoms with Gasteiger partial charge in [-0.25, -0.2) is 0 Å². The number of nitrogens with two attached hydrogens (primary N) is 1. The summed E-state index contributed by atoms with van der Waals surface area (Å²) in [6, 6.07) is 10.4. The van der Waals surface area contributed by atoms with Gasteiger partial charge in [0.05, 0.1) is 5.41 Å². The van der Waals surface area contributed by atoms with E-state index in [9.17, 15) is 4.79 Å². The molecule has 3 nitrogen and oxygen atoms in total. The Kier molecular flexibility index (Phi) is 3.59. The van der Waals surface area contributed by atoms with Crippen molar-refractivity contribution in [2.45, 2.75) is 69.9 Å². The molecule has 2 N–H and O–H groups in total. The number of hydrogen-bond donors (Lipinski definition) is 1. The molecule has 2 bridgehead atoms. The lowest BCUT2D eigenvalue weighted by Crippen LogP contribution is -2.59. The van der Waals surface area contributed by atoms with Crippen molar-refractivity contribution in [1.82, 2.24) is 0 Å². The maximum Gasteiger partial charge on any atom is 0.312 e. The van der Waals surface area contributed by atoms with E-state index in [2.05, 4.69) is 24.3 Å². The minimum Gasteiger partial charge on any atom is -0.460 e. The lowest BCUT2D eigenvalue weighted by atomic mass is 9.51. The standard InChI is InChI=1S/C19H27NO2/c1-17(2,3)22-16(21)18-9-11-19(20,12-10-18)15(13-18)14-7-5-4-6-8-14/h4-8,15H,9-13,20H2,1-3H3. The normalized spacial score (nSPS) is 34.5.